The lowest BCUT2D eigenvalue weighted by atomic mass is 10.1. The normalized spacial score (nSPS) is 11.4. The number of halogens is 3. The van der Waals surface area contributed by atoms with Crippen LogP contribution in [-0.4, -0.2) is 10.9 Å². The molecule has 23 heavy (non-hydrogen) atoms. The van der Waals surface area contributed by atoms with Crippen molar-refractivity contribution in [3.8, 4) is 0 Å². The van der Waals surface area contributed by atoms with E-state index in [1.54, 1.807) is 24.4 Å². The van der Waals surface area contributed by atoms with Crippen molar-refractivity contribution in [2.45, 2.75) is 6.18 Å². The largest absolute Gasteiger partial charge is 0.417 e. The Morgan fingerprint density at radius 3 is 2.48 bits per heavy atom. The molecule has 0 saturated carbocycles. The fourth-order valence-corrected chi connectivity index (χ4v) is 2.32. The predicted octanol–water partition coefficient (Wildman–Crippen LogP) is 4.51. The molecule has 0 saturated heterocycles. The van der Waals surface area contributed by atoms with Crippen LogP contribution in [0.1, 0.15) is 15.9 Å². The Bertz CT molecular complexity index is 870. The summed E-state index contributed by atoms with van der Waals surface area (Å²) >= 11 is 0. The van der Waals surface area contributed by atoms with Gasteiger partial charge in [-0.1, -0.05) is 30.3 Å². The van der Waals surface area contributed by atoms with Gasteiger partial charge in [0.15, 0.2) is 0 Å². The van der Waals surface area contributed by atoms with Crippen molar-refractivity contribution in [2.24, 2.45) is 0 Å². The molecule has 0 aliphatic heterocycles. The van der Waals surface area contributed by atoms with Gasteiger partial charge in [0.2, 0.25) is 0 Å². The molecule has 3 aromatic rings. The number of pyridine rings is 1. The van der Waals surface area contributed by atoms with Crippen LogP contribution in [0.15, 0.2) is 60.8 Å². The summed E-state index contributed by atoms with van der Waals surface area (Å²) in [5.74, 6) is -0.823. The lowest BCUT2D eigenvalue weighted by Gasteiger charge is -2.13. The van der Waals surface area contributed by atoms with Crippen molar-refractivity contribution in [3.05, 3.63) is 71.9 Å². The van der Waals surface area contributed by atoms with Crippen LogP contribution >= 0.6 is 0 Å². The Balaban J connectivity index is 2.00. The average Bonchev–Trinajstić information content (AvgIpc) is 2.54. The molecule has 0 aliphatic rings. The van der Waals surface area contributed by atoms with Crippen molar-refractivity contribution < 1.29 is 18.0 Å². The number of carbonyl (C=O) groups excluding carboxylic acids is 1. The third-order valence-electron chi connectivity index (χ3n) is 3.36. The molecule has 0 aliphatic carbocycles. The fraction of sp³-hybridized carbons (Fsp3) is 0.0588. The second-order valence-corrected chi connectivity index (χ2v) is 4.88. The number of nitrogens with zero attached hydrogens (tertiary/aromatic N) is 1. The number of hydrogen-bond acceptors (Lipinski definition) is 2. The minimum Gasteiger partial charge on any atom is -0.320 e. The molecule has 3 nitrogen and oxygen atoms in total. The van der Waals surface area contributed by atoms with Crippen LogP contribution in [0.4, 0.5) is 18.9 Å². The zero-order valence-electron chi connectivity index (χ0n) is 11.8. The molecule has 0 fully saturated rings. The van der Waals surface area contributed by atoms with E-state index in [1.165, 1.54) is 12.1 Å². The van der Waals surface area contributed by atoms with E-state index in [2.05, 4.69) is 10.3 Å². The maximum absolute atomic E-state index is 13.0. The summed E-state index contributed by atoms with van der Waals surface area (Å²) in [6.07, 6.45) is -3.04. The smallest absolute Gasteiger partial charge is 0.320 e. The molecule has 1 N–H and O–H groups in total. The van der Waals surface area contributed by atoms with Crippen LogP contribution in [0.25, 0.3) is 10.9 Å². The Morgan fingerprint density at radius 2 is 1.70 bits per heavy atom. The molecule has 0 radical (unpaired) electrons. The lowest BCUT2D eigenvalue weighted by Crippen LogP contribution is -2.18. The quantitative estimate of drug-likeness (QED) is 0.756. The Hall–Kier alpha value is -2.89. The number of alkyl halides is 3. The van der Waals surface area contributed by atoms with E-state index in [0.29, 0.717) is 11.2 Å². The topological polar surface area (TPSA) is 42.0 Å². The van der Waals surface area contributed by atoms with E-state index in [0.717, 1.165) is 17.5 Å². The molecule has 1 aromatic heterocycles. The van der Waals surface area contributed by atoms with Gasteiger partial charge in [-0.2, -0.15) is 13.2 Å². The molecule has 1 amide bonds. The minimum absolute atomic E-state index is 0.366. The second kappa shape index (κ2) is 5.72. The van der Waals surface area contributed by atoms with Crippen LogP contribution in [0.3, 0.4) is 0 Å². The molecule has 116 valence electrons. The number of fused-ring (bicyclic) bond motifs is 1. The van der Waals surface area contributed by atoms with Gasteiger partial charge in [-0.25, -0.2) is 0 Å². The highest BCUT2D eigenvalue weighted by atomic mass is 19.4. The van der Waals surface area contributed by atoms with Gasteiger partial charge >= 0.3 is 6.18 Å². The number of benzene rings is 2. The van der Waals surface area contributed by atoms with E-state index in [4.69, 9.17) is 0 Å². The van der Waals surface area contributed by atoms with Crippen molar-refractivity contribution in [2.75, 3.05) is 5.32 Å². The summed E-state index contributed by atoms with van der Waals surface area (Å²) in [5, 5.41) is 3.30. The molecular weight excluding hydrogens is 305 g/mol. The third-order valence-corrected chi connectivity index (χ3v) is 3.36. The SMILES string of the molecule is O=C(Nc1cccc2cccnc12)c1ccccc1C(F)(F)F. The number of carbonyl (C=O) groups is 1. The summed E-state index contributed by atoms with van der Waals surface area (Å²) in [5.41, 5.74) is -0.503. The van der Waals surface area contributed by atoms with Gasteiger partial charge in [0.25, 0.3) is 5.91 Å². The summed E-state index contributed by atoms with van der Waals surface area (Å²) in [4.78, 5) is 16.4. The first-order valence-electron chi connectivity index (χ1n) is 6.78. The number of hydrogen-bond donors (Lipinski definition) is 1. The molecule has 0 unspecified atom stereocenters. The highest BCUT2D eigenvalue weighted by Crippen LogP contribution is 2.32. The molecule has 0 bridgehead atoms. The summed E-state index contributed by atoms with van der Waals surface area (Å²) in [7, 11) is 0. The van der Waals surface area contributed by atoms with Crippen LogP contribution in [0.5, 0.6) is 0 Å². The van der Waals surface area contributed by atoms with Crippen LogP contribution in [0.2, 0.25) is 0 Å². The fourth-order valence-electron chi connectivity index (χ4n) is 2.32. The number of amides is 1. The van der Waals surface area contributed by atoms with Crippen molar-refractivity contribution in [1.29, 1.82) is 0 Å². The predicted molar refractivity (Wildman–Crippen MR) is 81.1 cm³/mol. The number of para-hydroxylation sites is 1. The minimum atomic E-state index is -4.59. The van der Waals surface area contributed by atoms with Crippen LogP contribution in [0, 0.1) is 0 Å². The maximum atomic E-state index is 13.0. The zero-order chi connectivity index (χ0) is 16.4. The summed E-state index contributed by atoms with van der Waals surface area (Å²) < 4.78 is 39.0. The van der Waals surface area contributed by atoms with E-state index in [-0.39, 0.29) is 0 Å². The molecule has 3 rings (SSSR count). The van der Waals surface area contributed by atoms with E-state index in [9.17, 15) is 18.0 Å². The molecule has 2 aromatic carbocycles. The third kappa shape index (κ3) is 3.01. The lowest BCUT2D eigenvalue weighted by molar-refractivity contribution is -0.137. The highest BCUT2D eigenvalue weighted by Gasteiger charge is 2.34. The highest BCUT2D eigenvalue weighted by molar-refractivity contribution is 6.09. The number of aromatic nitrogens is 1. The molecule has 0 spiro atoms. The van der Waals surface area contributed by atoms with E-state index >= 15 is 0 Å². The summed E-state index contributed by atoms with van der Waals surface area (Å²) in [6.45, 7) is 0. The van der Waals surface area contributed by atoms with Gasteiger partial charge in [-0.05, 0) is 24.3 Å². The zero-order valence-corrected chi connectivity index (χ0v) is 11.8. The molecule has 6 heteroatoms. The van der Waals surface area contributed by atoms with Crippen molar-refractivity contribution in [1.82, 2.24) is 4.98 Å². The van der Waals surface area contributed by atoms with E-state index in [1.807, 2.05) is 12.1 Å². The Kier molecular flexibility index (Phi) is 3.73. The van der Waals surface area contributed by atoms with Gasteiger partial charge in [0.1, 0.15) is 0 Å². The van der Waals surface area contributed by atoms with Crippen LogP contribution in [-0.2, 0) is 6.18 Å². The van der Waals surface area contributed by atoms with Gasteiger partial charge in [0, 0.05) is 11.6 Å². The van der Waals surface area contributed by atoms with Gasteiger partial charge < -0.3 is 5.32 Å². The monoisotopic (exact) mass is 316 g/mol. The molecule has 0 atom stereocenters. The number of anilines is 1. The number of nitrogens with one attached hydrogen (secondary N) is 1. The standard InChI is InChI=1S/C17H11F3N2O/c18-17(19,20)13-8-2-1-7-12(13)16(23)22-14-9-3-5-11-6-4-10-21-15(11)14/h1-10H,(H,22,23). The first kappa shape index (κ1) is 15.0. The first-order valence-corrected chi connectivity index (χ1v) is 6.78. The second-order valence-electron chi connectivity index (χ2n) is 4.88. The van der Waals surface area contributed by atoms with Crippen molar-refractivity contribution in [3.63, 3.8) is 0 Å². The van der Waals surface area contributed by atoms with Crippen LogP contribution < -0.4 is 5.32 Å². The van der Waals surface area contributed by atoms with Gasteiger partial charge in [0.05, 0.1) is 22.3 Å². The maximum Gasteiger partial charge on any atom is 0.417 e. The Labute approximate surface area is 129 Å². The van der Waals surface area contributed by atoms with Gasteiger partial charge in [-0.15, -0.1) is 0 Å². The van der Waals surface area contributed by atoms with Gasteiger partial charge in [-0.3, -0.25) is 9.78 Å². The van der Waals surface area contributed by atoms with E-state index < -0.39 is 23.2 Å². The van der Waals surface area contributed by atoms with Crippen molar-refractivity contribution >= 4 is 22.5 Å². The first-order chi connectivity index (χ1) is 11.0. The number of rotatable bonds is 2. The molecular formula is C17H11F3N2O. The molecule has 1 heterocycles. The summed E-state index contributed by atoms with van der Waals surface area (Å²) in [6, 6.07) is 13.3. The Morgan fingerprint density at radius 1 is 0.957 bits per heavy atom. The average molecular weight is 316 g/mol.